The lowest BCUT2D eigenvalue weighted by Gasteiger charge is -2.36. The first kappa shape index (κ1) is 18.6. The van der Waals surface area contributed by atoms with E-state index in [1.165, 1.54) is 21.5 Å². The molecule has 4 aromatic rings. The van der Waals surface area contributed by atoms with E-state index in [9.17, 15) is 0 Å². The number of aromatic nitrogens is 1. The third-order valence-electron chi connectivity index (χ3n) is 5.44. The standard InChI is InChI=1S/C24H22ClN3S/c25-20-5-3-4-18(16-20)17-27-12-14-28(15-13-27)21-10-8-19(9-11-21)24-26-22-6-1-2-7-23(22)29-24/h1-11,16H,12-15,17H2. The van der Waals surface area contributed by atoms with Gasteiger partial charge in [0.2, 0.25) is 0 Å². The van der Waals surface area contributed by atoms with Crippen molar-refractivity contribution in [3.8, 4) is 10.6 Å². The highest BCUT2D eigenvalue weighted by atomic mass is 35.5. The minimum Gasteiger partial charge on any atom is -0.369 e. The van der Waals surface area contributed by atoms with Crippen LogP contribution < -0.4 is 4.90 Å². The Morgan fingerprint density at radius 2 is 1.66 bits per heavy atom. The zero-order valence-corrected chi connectivity index (χ0v) is 17.7. The summed E-state index contributed by atoms with van der Waals surface area (Å²) in [7, 11) is 0. The summed E-state index contributed by atoms with van der Waals surface area (Å²) in [4.78, 5) is 9.74. The van der Waals surface area contributed by atoms with Crippen molar-refractivity contribution < 1.29 is 0 Å². The number of benzene rings is 3. The van der Waals surface area contributed by atoms with Crippen molar-refractivity contribution in [1.82, 2.24) is 9.88 Å². The van der Waals surface area contributed by atoms with Crippen LogP contribution in [0.5, 0.6) is 0 Å². The van der Waals surface area contributed by atoms with Gasteiger partial charge in [0.05, 0.1) is 10.2 Å². The first-order valence-corrected chi connectivity index (χ1v) is 11.1. The number of hydrogen-bond acceptors (Lipinski definition) is 4. The van der Waals surface area contributed by atoms with Gasteiger partial charge in [0.25, 0.3) is 0 Å². The van der Waals surface area contributed by atoms with Crippen molar-refractivity contribution in [2.75, 3.05) is 31.1 Å². The van der Waals surface area contributed by atoms with Crippen LogP contribution in [-0.4, -0.2) is 36.1 Å². The molecule has 0 atom stereocenters. The lowest BCUT2D eigenvalue weighted by Crippen LogP contribution is -2.45. The Balaban J connectivity index is 1.23. The molecule has 1 aromatic heterocycles. The van der Waals surface area contributed by atoms with Crippen LogP contribution in [0.15, 0.2) is 72.8 Å². The van der Waals surface area contributed by atoms with Gasteiger partial charge in [-0.2, -0.15) is 0 Å². The summed E-state index contributed by atoms with van der Waals surface area (Å²) in [6.07, 6.45) is 0. The second kappa shape index (κ2) is 8.15. The van der Waals surface area contributed by atoms with Crippen LogP contribution in [0.2, 0.25) is 5.02 Å². The highest BCUT2D eigenvalue weighted by Gasteiger charge is 2.17. The van der Waals surface area contributed by atoms with E-state index in [4.69, 9.17) is 16.6 Å². The second-order valence-electron chi connectivity index (χ2n) is 7.43. The van der Waals surface area contributed by atoms with E-state index in [0.29, 0.717) is 0 Å². The largest absolute Gasteiger partial charge is 0.369 e. The molecular weight excluding hydrogens is 398 g/mol. The highest BCUT2D eigenvalue weighted by Crippen LogP contribution is 2.31. The number of nitrogens with zero attached hydrogens (tertiary/aromatic N) is 3. The number of anilines is 1. The maximum Gasteiger partial charge on any atom is 0.124 e. The van der Waals surface area contributed by atoms with Crippen LogP contribution in [0.4, 0.5) is 5.69 Å². The molecular formula is C24H22ClN3S. The second-order valence-corrected chi connectivity index (χ2v) is 8.89. The van der Waals surface area contributed by atoms with Gasteiger partial charge in [0, 0.05) is 49.0 Å². The fraction of sp³-hybridized carbons (Fsp3) is 0.208. The molecule has 3 aromatic carbocycles. The number of para-hydroxylation sites is 1. The van der Waals surface area contributed by atoms with E-state index < -0.39 is 0 Å². The number of halogens is 1. The number of rotatable bonds is 4. The molecule has 0 unspecified atom stereocenters. The Labute approximate surface area is 180 Å². The third kappa shape index (κ3) is 4.15. The Morgan fingerprint density at radius 3 is 2.41 bits per heavy atom. The molecule has 1 fully saturated rings. The monoisotopic (exact) mass is 419 g/mol. The molecule has 3 nitrogen and oxygen atoms in total. The number of fused-ring (bicyclic) bond motifs is 1. The van der Waals surface area contributed by atoms with Crippen molar-refractivity contribution in [2.45, 2.75) is 6.54 Å². The summed E-state index contributed by atoms with van der Waals surface area (Å²) in [5, 5.41) is 1.90. The maximum atomic E-state index is 6.12. The first-order chi connectivity index (χ1) is 14.2. The average molecular weight is 420 g/mol. The van der Waals surface area contributed by atoms with E-state index in [-0.39, 0.29) is 0 Å². The average Bonchev–Trinajstić information content (AvgIpc) is 3.19. The van der Waals surface area contributed by atoms with Gasteiger partial charge in [-0.3, -0.25) is 4.90 Å². The van der Waals surface area contributed by atoms with Crippen molar-refractivity contribution in [2.24, 2.45) is 0 Å². The van der Waals surface area contributed by atoms with Gasteiger partial charge in [-0.1, -0.05) is 35.9 Å². The van der Waals surface area contributed by atoms with E-state index in [1.54, 1.807) is 11.3 Å². The molecule has 2 heterocycles. The predicted octanol–water partition coefficient (Wildman–Crippen LogP) is 5.94. The zero-order chi connectivity index (χ0) is 19.6. The number of hydrogen-bond donors (Lipinski definition) is 0. The fourth-order valence-corrected chi connectivity index (χ4v) is 5.05. The van der Waals surface area contributed by atoms with Crippen molar-refractivity contribution in [1.29, 1.82) is 0 Å². The van der Waals surface area contributed by atoms with Crippen molar-refractivity contribution in [3.05, 3.63) is 83.4 Å². The van der Waals surface area contributed by atoms with Gasteiger partial charge in [0.15, 0.2) is 0 Å². The van der Waals surface area contributed by atoms with Gasteiger partial charge in [-0.25, -0.2) is 4.98 Å². The van der Waals surface area contributed by atoms with Gasteiger partial charge >= 0.3 is 0 Å². The molecule has 1 aliphatic heterocycles. The number of piperazine rings is 1. The molecule has 0 amide bonds. The molecule has 0 N–H and O–H groups in total. The molecule has 5 heteroatoms. The summed E-state index contributed by atoms with van der Waals surface area (Å²) >= 11 is 7.87. The van der Waals surface area contributed by atoms with Crippen LogP contribution >= 0.6 is 22.9 Å². The van der Waals surface area contributed by atoms with Crippen LogP contribution in [0, 0.1) is 0 Å². The highest BCUT2D eigenvalue weighted by molar-refractivity contribution is 7.21. The van der Waals surface area contributed by atoms with Gasteiger partial charge in [-0.05, 0) is 54.1 Å². The maximum absolute atomic E-state index is 6.12. The lowest BCUT2D eigenvalue weighted by molar-refractivity contribution is 0.250. The summed E-state index contributed by atoms with van der Waals surface area (Å²) < 4.78 is 1.24. The third-order valence-corrected chi connectivity index (χ3v) is 6.76. The van der Waals surface area contributed by atoms with Crippen LogP contribution in [-0.2, 0) is 6.54 Å². The summed E-state index contributed by atoms with van der Waals surface area (Å²) in [5.41, 5.74) is 4.84. The molecule has 5 rings (SSSR count). The summed E-state index contributed by atoms with van der Waals surface area (Å²) in [6.45, 7) is 5.17. The molecule has 0 aliphatic carbocycles. The Morgan fingerprint density at radius 1 is 0.862 bits per heavy atom. The molecule has 1 saturated heterocycles. The molecule has 0 spiro atoms. The van der Waals surface area contributed by atoms with Crippen molar-refractivity contribution in [3.63, 3.8) is 0 Å². The van der Waals surface area contributed by atoms with Gasteiger partial charge in [0.1, 0.15) is 5.01 Å². The number of thiazole rings is 1. The van der Waals surface area contributed by atoms with Crippen LogP contribution in [0.3, 0.4) is 0 Å². The zero-order valence-electron chi connectivity index (χ0n) is 16.1. The topological polar surface area (TPSA) is 19.4 Å². The minimum atomic E-state index is 0.814. The van der Waals surface area contributed by atoms with Crippen LogP contribution in [0.25, 0.3) is 20.8 Å². The molecule has 0 radical (unpaired) electrons. The van der Waals surface area contributed by atoms with E-state index in [0.717, 1.165) is 48.3 Å². The molecule has 29 heavy (non-hydrogen) atoms. The predicted molar refractivity (Wildman–Crippen MR) is 124 cm³/mol. The van der Waals surface area contributed by atoms with Crippen molar-refractivity contribution >= 4 is 38.8 Å². The Bertz CT molecular complexity index is 1080. The van der Waals surface area contributed by atoms with E-state index >= 15 is 0 Å². The molecule has 0 bridgehead atoms. The van der Waals surface area contributed by atoms with E-state index in [2.05, 4.69) is 64.4 Å². The van der Waals surface area contributed by atoms with Crippen LogP contribution in [0.1, 0.15) is 5.56 Å². The fourth-order valence-electron chi connectivity index (χ4n) is 3.87. The first-order valence-electron chi connectivity index (χ1n) is 9.92. The molecule has 0 saturated carbocycles. The van der Waals surface area contributed by atoms with E-state index in [1.807, 2.05) is 18.2 Å². The Kier molecular flexibility index (Phi) is 5.23. The minimum absolute atomic E-state index is 0.814. The molecule has 1 aliphatic rings. The smallest absolute Gasteiger partial charge is 0.124 e. The lowest BCUT2D eigenvalue weighted by atomic mass is 10.1. The molecule has 146 valence electrons. The quantitative estimate of drug-likeness (QED) is 0.408. The summed E-state index contributed by atoms with van der Waals surface area (Å²) in [6, 6.07) is 25.4. The van der Waals surface area contributed by atoms with Gasteiger partial charge in [-0.15, -0.1) is 11.3 Å². The SMILES string of the molecule is Clc1cccc(CN2CCN(c3ccc(-c4nc5ccccc5s4)cc3)CC2)c1. The summed E-state index contributed by atoms with van der Waals surface area (Å²) in [5.74, 6) is 0. The normalized spacial score (nSPS) is 15.1. The van der Waals surface area contributed by atoms with Gasteiger partial charge < -0.3 is 4.90 Å². The Hall–Kier alpha value is -2.40.